The number of unbranched alkanes of at least 4 members (excludes halogenated alkanes) is 2. The van der Waals surface area contributed by atoms with Gasteiger partial charge in [-0.25, -0.2) is 9.97 Å². The summed E-state index contributed by atoms with van der Waals surface area (Å²) in [5.74, 6) is 0.540. The third-order valence-electron chi connectivity index (χ3n) is 12.4. The molecule has 0 bridgehead atoms. The van der Waals surface area contributed by atoms with Crippen molar-refractivity contribution < 1.29 is 29.0 Å². The molecule has 0 unspecified atom stereocenters. The fraction of sp³-hybridized carbons (Fsp3) is 0.462. The number of carboxylic acids is 1. The van der Waals surface area contributed by atoms with Gasteiger partial charge in [-0.1, -0.05) is 36.4 Å². The Kier molecular flexibility index (Phi) is 17.4. The van der Waals surface area contributed by atoms with Gasteiger partial charge in [0.15, 0.2) is 0 Å². The topological polar surface area (TPSA) is 197 Å². The van der Waals surface area contributed by atoms with E-state index in [1.54, 1.807) is 19.3 Å². The summed E-state index contributed by atoms with van der Waals surface area (Å²) in [6.45, 7) is 4.03. The molecule has 0 spiro atoms. The Balaban J connectivity index is 0.000000197. The number of ether oxygens (including phenoxy) is 1. The number of carboxylic acid groups (broad SMARTS) is 1. The van der Waals surface area contributed by atoms with Crippen LogP contribution in [0.25, 0.3) is 10.9 Å². The molecule has 1 aliphatic carbocycles. The zero-order valence-electron chi connectivity index (χ0n) is 38.2. The molecule has 0 radical (unpaired) electrons. The van der Waals surface area contributed by atoms with Crippen molar-refractivity contribution in [2.24, 2.45) is 0 Å². The number of nitrogens with one attached hydrogen (secondary N) is 4. The molecule has 4 aromatic heterocycles. The highest BCUT2D eigenvalue weighted by Crippen LogP contribution is 2.26. The fourth-order valence-corrected chi connectivity index (χ4v) is 8.87. The first-order chi connectivity index (χ1) is 32.2. The van der Waals surface area contributed by atoms with Gasteiger partial charge in [-0.15, -0.1) is 0 Å². The molecule has 1 aromatic carbocycles. The monoisotopic (exact) mass is 896 g/mol. The molecule has 2 aliphatic heterocycles. The van der Waals surface area contributed by atoms with Crippen LogP contribution in [-0.2, 0) is 62.4 Å². The predicted octanol–water partition coefficient (Wildman–Crippen LogP) is 8.27. The Morgan fingerprint density at radius 1 is 0.667 bits per heavy atom. The summed E-state index contributed by atoms with van der Waals surface area (Å²) < 4.78 is 5.13. The molecule has 0 fully saturated rings. The van der Waals surface area contributed by atoms with Gasteiger partial charge in [-0.3, -0.25) is 29.1 Å². The molecule has 14 nitrogen and oxygen atoms in total. The third-order valence-corrected chi connectivity index (χ3v) is 12.4. The Morgan fingerprint density at radius 2 is 1.24 bits per heavy atom. The number of amides is 2. The number of esters is 1. The maximum absolute atomic E-state index is 12.7. The van der Waals surface area contributed by atoms with E-state index in [2.05, 4.69) is 55.5 Å². The number of carbonyl (C=O) groups is 4. The number of benzene rings is 1. The second-order valence-corrected chi connectivity index (χ2v) is 17.5. The summed E-state index contributed by atoms with van der Waals surface area (Å²) in [6, 6.07) is 19.3. The van der Waals surface area contributed by atoms with Crippen LogP contribution in [0.1, 0.15) is 141 Å². The van der Waals surface area contributed by atoms with E-state index in [0.717, 1.165) is 154 Å². The number of aromatic nitrogens is 4. The van der Waals surface area contributed by atoms with Crippen LogP contribution in [0.15, 0.2) is 73.1 Å². The van der Waals surface area contributed by atoms with Crippen molar-refractivity contribution in [1.29, 1.82) is 0 Å². The first-order valence-electron chi connectivity index (χ1n) is 23.9. The first kappa shape index (κ1) is 47.5. The summed E-state index contributed by atoms with van der Waals surface area (Å²) in [6.07, 6.45) is 17.7. The standard InChI is InChI=1S/C27H32N4O3.C25H32N4O3/c1-2-34-26(33)17-24(21-16-20-8-3-5-11-23(20)29-18-21)31-25(32)12-6-4-10-22-14-13-19-9-7-15-28-27(19)30-22;30-23(10-4-2-8-20-12-11-17-7-5-13-26-25(17)28-20)29-22(15-24(31)32)19-14-18-6-1-3-9-21(18)27-16-19/h3,5,8,11,13-14,16,18,24H,2,4,6-7,9-10,12,15,17H2,1H3,(H,28,30)(H,31,32);11-12,14,16,22H,1-10,13,15H2,(H,26,28)(H,29,30)(H,31,32)/t24-;22-/m00/s1. The number of aliphatic carboxylic acids is 1. The Bertz CT molecular complexity index is 2460. The number of pyridine rings is 4. The van der Waals surface area contributed by atoms with Gasteiger partial charge in [0.2, 0.25) is 11.8 Å². The number of hydrogen-bond acceptors (Lipinski definition) is 11. The molecule has 3 aliphatic rings. The van der Waals surface area contributed by atoms with Crippen LogP contribution in [0.2, 0.25) is 0 Å². The smallest absolute Gasteiger partial charge is 0.308 e. The highest BCUT2D eigenvalue weighted by Gasteiger charge is 2.22. The van der Waals surface area contributed by atoms with Crippen molar-refractivity contribution in [1.82, 2.24) is 30.6 Å². The number of para-hydroxylation sites is 1. The summed E-state index contributed by atoms with van der Waals surface area (Å²) in [4.78, 5) is 67.3. The average Bonchev–Trinajstić information content (AvgIpc) is 3.33. The average molecular weight is 897 g/mol. The molecule has 5 N–H and O–H groups in total. The second-order valence-electron chi connectivity index (χ2n) is 17.5. The second kappa shape index (κ2) is 24.2. The first-order valence-corrected chi connectivity index (χ1v) is 23.9. The SMILES string of the molecule is CCOC(=O)C[C@H](NC(=O)CCCCc1ccc2c(n1)NCCC2)c1cnc2ccccc2c1.O=C(O)C[C@H](NC(=O)CCCCc1ccc2c(n1)NCCC2)c1cnc2c(c1)CCCC2. The van der Waals surface area contributed by atoms with Crippen LogP contribution in [0.4, 0.5) is 11.6 Å². The molecular weight excluding hydrogens is 833 g/mol. The van der Waals surface area contributed by atoms with Gasteiger partial charge in [-0.05, 0) is 149 Å². The molecule has 5 aromatic rings. The lowest BCUT2D eigenvalue weighted by Crippen LogP contribution is -2.30. The van der Waals surface area contributed by atoms with Crippen molar-refractivity contribution in [2.45, 2.75) is 135 Å². The van der Waals surface area contributed by atoms with Gasteiger partial charge in [0.1, 0.15) is 11.6 Å². The molecular formula is C52H64N8O6. The minimum Gasteiger partial charge on any atom is -0.481 e. The number of anilines is 2. The predicted molar refractivity (Wildman–Crippen MR) is 255 cm³/mol. The highest BCUT2D eigenvalue weighted by atomic mass is 16.5. The number of fused-ring (bicyclic) bond motifs is 4. The lowest BCUT2D eigenvalue weighted by atomic mass is 9.93. The van der Waals surface area contributed by atoms with E-state index in [0.29, 0.717) is 19.4 Å². The normalized spacial score (nSPS) is 14.6. The Labute approximate surface area is 387 Å². The van der Waals surface area contributed by atoms with Crippen molar-refractivity contribution in [3.05, 3.63) is 118 Å². The maximum atomic E-state index is 12.7. The molecule has 14 heteroatoms. The van der Waals surface area contributed by atoms with Crippen molar-refractivity contribution in [2.75, 3.05) is 30.3 Å². The lowest BCUT2D eigenvalue weighted by Gasteiger charge is -2.21. The maximum Gasteiger partial charge on any atom is 0.308 e. The number of carbonyl (C=O) groups excluding carboxylic acids is 3. The van der Waals surface area contributed by atoms with E-state index >= 15 is 0 Å². The van der Waals surface area contributed by atoms with Gasteiger partial charge in [0.25, 0.3) is 0 Å². The Morgan fingerprint density at radius 3 is 1.88 bits per heavy atom. The van der Waals surface area contributed by atoms with Gasteiger partial charge in [0, 0.05) is 60.8 Å². The quantitative estimate of drug-likeness (QED) is 0.0394. The van der Waals surface area contributed by atoms with Crippen LogP contribution in [0.3, 0.4) is 0 Å². The Hall–Kier alpha value is -6.44. The van der Waals surface area contributed by atoms with Crippen LogP contribution in [-0.4, -0.2) is 68.5 Å². The number of nitrogens with zero attached hydrogens (tertiary/aromatic N) is 4. The van der Waals surface area contributed by atoms with Crippen molar-refractivity contribution in [3.8, 4) is 0 Å². The summed E-state index contributed by atoms with van der Waals surface area (Å²) >= 11 is 0. The summed E-state index contributed by atoms with van der Waals surface area (Å²) in [7, 11) is 0. The van der Waals surface area contributed by atoms with E-state index in [4.69, 9.17) is 14.7 Å². The lowest BCUT2D eigenvalue weighted by molar-refractivity contribution is -0.144. The van der Waals surface area contributed by atoms with Crippen molar-refractivity contribution in [3.63, 3.8) is 0 Å². The van der Waals surface area contributed by atoms with Gasteiger partial charge in [-0.2, -0.15) is 0 Å². The minimum absolute atomic E-state index is 0.0750. The third kappa shape index (κ3) is 14.0. The summed E-state index contributed by atoms with van der Waals surface area (Å²) in [5, 5.41) is 23.0. The molecule has 66 heavy (non-hydrogen) atoms. The largest absolute Gasteiger partial charge is 0.481 e. The molecule has 0 saturated carbocycles. The van der Waals surface area contributed by atoms with Gasteiger partial charge >= 0.3 is 11.9 Å². The highest BCUT2D eigenvalue weighted by molar-refractivity contribution is 5.81. The van der Waals surface area contributed by atoms with Gasteiger partial charge < -0.3 is 31.1 Å². The fourth-order valence-electron chi connectivity index (χ4n) is 8.87. The van der Waals surface area contributed by atoms with E-state index in [1.165, 1.54) is 16.7 Å². The van der Waals surface area contributed by atoms with Crippen molar-refractivity contribution >= 4 is 46.3 Å². The number of rotatable bonds is 19. The summed E-state index contributed by atoms with van der Waals surface area (Å²) in [5.41, 5.74) is 9.40. The van der Waals surface area contributed by atoms with Crippen LogP contribution < -0.4 is 21.3 Å². The molecule has 2 amide bonds. The minimum atomic E-state index is -0.930. The van der Waals surface area contributed by atoms with E-state index in [9.17, 15) is 24.3 Å². The van der Waals surface area contributed by atoms with E-state index in [-0.39, 0.29) is 30.6 Å². The number of hydrogen-bond donors (Lipinski definition) is 5. The molecule has 6 heterocycles. The van der Waals surface area contributed by atoms with Crippen LogP contribution in [0, 0.1) is 0 Å². The zero-order valence-corrected chi connectivity index (χ0v) is 38.2. The number of aryl methyl sites for hydroxylation is 6. The van der Waals surface area contributed by atoms with Crippen LogP contribution >= 0.6 is 0 Å². The molecule has 348 valence electrons. The zero-order chi connectivity index (χ0) is 46.1. The van der Waals surface area contributed by atoms with E-state index in [1.807, 2.05) is 36.4 Å². The molecule has 0 saturated heterocycles. The van der Waals surface area contributed by atoms with E-state index < -0.39 is 18.1 Å². The van der Waals surface area contributed by atoms with Gasteiger partial charge in [0.05, 0.1) is 37.0 Å². The molecule has 8 rings (SSSR count). The van der Waals surface area contributed by atoms with Crippen LogP contribution in [0.5, 0.6) is 0 Å². The molecule has 2 atom stereocenters.